The summed E-state index contributed by atoms with van der Waals surface area (Å²) in [5.74, 6) is 0. The van der Waals surface area contributed by atoms with E-state index in [0.29, 0.717) is 0 Å². The number of aryl methyl sites for hydroxylation is 4. The topological polar surface area (TPSA) is 6.48 Å². The highest BCUT2D eigenvalue weighted by atomic mass is 15.1. The molecule has 0 radical (unpaired) electrons. The van der Waals surface area contributed by atoms with Crippen LogP contribution in [0, 0.1) is 27.7 Å². The predicted octanol–water partition coefficient (Wildman–Crippen LogP) is 14.5. The zero-order valence-electron chi connectivity index (χ0n) is 31.3. The standard InChI is InChI=1S/C49H52N2/c1-7-9-31-49(32-10-8-2)47-33-43(50(39-19-11-35(3)12-20-39)40-21-13-36(4)14-22-40)27-29-45(47)46-30-28-44(34-48(46)49)51(41-23-15-37(5)16-24-41)42-25-17-38(6)18-26-42/h11-30,33-34H,7-10,31-32H2,1-6H3. The number of nitrogens with zero attached hydrogens (tertiary/aromatic N) is 2. The number of rotatable bonds is 12. The monoisotopic (exact) mass is 668 g/mol. The Bertz CT molecular complexity index is 1840. The molecule has 0 unspecified atom stereocenters. The third-order valence-corrected chi connectivity index (χ3v) is 10.9. The van der Waals surface area contributed by atoms with Crippen molar-refractivity contribution in [3.63, 3.8) is 0 Å². The second-order valence-electron chi connectivity index (χ2n) is 14.8. The van der Waals surface area contributed by atoms with Gasteiger partial charge in [-0.05, 0) is 136 Å². The van der Waals surface area contributed by atoms with Crippen LogP contribution in [-0.2, 0) is 5.41 Å². The van der Waals surface area contributed by atoms with E-state index in [1.54, 1.807) is 0 Å². The number of unbranched alkanes of at least 4 members (excludes halogenated alkanes) is 2. The molecule has 0 atom stereocenters. The molecule has 7 rings (SSSR count). The van der Waals surface area contributed by atoms with E-state index in [2.05, 4.69) is 185 Å². The Kier molecular flexibility index (Phi) is 9.87. The Hall–Kier alpha value is -5.08. The maximum Gasteiger partial charge on any atom is 0.0465 e. The van der Waals surface area contributed by atoms with Gasteiger partial charge in [-0.2, -0.15) is 0 Å². The average Bonchev–Trinajstić information content (AvgIpc) is 3.41. The zero-order valence-corrected chi connectivity index (χ0v) is 31.3. The fourth-order valence-corrected chi connectivity index (χ4v) is 8.04. The van der Waals surface area contributed by atoms with Gasteiger partial charge in [0.25, 0.3) is 0 Å². The van der Waals surface area contributed by atoms with Gasteiger partial charge in [0.2, 0.25) is 0 Å². The van der Waals surface area contributed by atoms with Crippen molar-refractivity contribution >= 4 is 34.1 Å². The molecule has 0 heterocycles. The van der Waals surface area contributed by atoms with E-state index >= 15 is 0 Å². The van der Waals surface area contributed by atoms with Crippen LogP contribution in [0.5, 0.6) is 0 Å². The van der Waals surface area contributed by atoms with Crippen LogP contribution in [0.3, 0.4) is 0 Å². The van der Waals surface area contributed by atoms with Crippen LogP contribution in [-0.4, -0.2) is 0 Å². The number of hydrogen-bond acceptors (Lipinski definition) is 2. The molecule has 2 heteroatoms. The lowest BCUT2D eigenvalue weighted by molar-refractivity contribution is 0.414. The van der Waals surface area contributed by atoms with Gasteiger partial charge in [-0.1, -0.05) is 122 Å². The molecule has 2 nitrogen and oxygen atoms in total. The molecule has 0 bridgehead atoms. The van der Waals surface area contributed by atoms with Crippen molar-refractivity contribution in [1.82, 2.24) is 0 Å². The molecule has 51 heavy (non-hydrogen) atoms. The fraction of sp³-hybridized carbons (Fsp3) is 0.265. The van der Waals surface area contributed by atoms with Gasteiger partial charge in [-0.25, -0.2) is 0 Å². The molecule has 6 aromatic rings. The quantitative estimate of drug-likeness (QED) is 0.128. The van der Waals surface area contributed by atoms with Crippen LogP contribution in [0.2, 0.25) is 0 Å². The van der Waals surface area contributed by atoms with Gasteiger partial charge in [0, 0.05) is 39.5 Å². The van der Waals surface area contributed by atoms with Gasteiger partial charge < -0.3 is 9.80 Å². The largest absolute Gasteiger partial charge is 0.310 e. The minimum atomic E-state index is -0.0683. The van der Waals surface area contributed by atoms with Crippen LogP contribution in [0.4, 0.5) is 34.1 Å². The lowest BCUT2D eigenvalue weighted by atomic mass is 9.70. The van der Waals surface area contributed by atoms with E-state index < -0.39 is 0 Å². The highest BCUT2D eigenvalue weighted by molar-refractivity contribution is 5.88. The third kappa shape index (κ3) is 6.73. The number of fused-ring (bicyclic) bond motifs is 3. The number of benzene rings is 6. The summed E-state index contributed by atoms with van der Waals surface area (Å²) < 4.78 is 0. The first kappa shape index (κ1) is 34.4. The average molecular weight is 669 g/mol. The molecular weight excluding hydrogens is 617 g/mol. The first-order chi connectivity index (χ1) is 24.8. The van der Waals surface area contributed by atoms with Crippen molar-refractivity contribution in [1.29, 1.82) is 0 Å². The second-order valence-corrected chi connectivity index (χ2v) is 14.8. The van der Waals surface area contributed by atoms with Crippen LogP contribution in [0.1, 0.15) is 85.8 Å². The van der Waals surface area contributed by atoms with Crippen LogP contribution in [0.15, 0.2) is 133 Å². The first-order valence-electron chi connectivity index (χ1n) is 19.0. The van der Waals surface area contributed by atoms with Crippen molar-refractivity contribution < 1.29 is 0 Å². The van der Waals surface area contributed by atoms with Crippen molar-refractivity contribution in [2.24, 2.45) is 0 Å². The van der Waals surface area contributed by atoms with E-state index in [-0.39, 0.29) is 5.41 Å². The maximum atomic E-state index is 2.54. The third-order valence-electron chi connectivity index (χ3n) is 10.9. The van der Waals surface area contributed by atoms with Gasteiger partial charge >= 0.3 is 0 Å². The lowest BCUT2D eigenvalue weighted by Gasteiger charge is -2.35. The maximum absolute atomic E-state index is 2.54. The predicted molar refractivity (Wildman–Crippen MR) is 220 cm³/mol. The SMILES string of the molecule is CCCCC1(CCCC)c2cc(N(c3ccc(C)cc3)c3ccc(C)cc3)ccc2-c2ccc(N(c3ccc(C)cc3)c3ccc(C)cc3)cc21. The Labute approximate surface area is 306 Å². The molecular formula is C49H52N2. The molecule has 258 valence electrons. The summed E-state index contributed by atoms with van der Waals surface area (Å²) in [5.41, 5.74) is 17.9. The van der Waals surface area contributed by atoms with E-state index in [9.17, 15) is 0 Å². The molecule has 1 aliphatic carbocycles. The van der Waals surface area contributed by atoms with Crippen LogP contribution < -0.4 is 9.80 Å². The lowest BCUT2D eigenvalue weighted by Crippen LogP contribution is -2.26. The van der Waals surface area contributed by atoms with Gasteiger partial charge in [0.05, 0.1) is 0 Å². The molecule has 0 spiro atoms. The van der Waals surface area contributed by atoms with Crippen molar-refractivity contribution in [3.8, 4) is 11.1 Å². The first-order valence-corrected chi connectivity index (χ1v) is 19.0. The highest BCUT2D eigenvalue weighted by Crippen LogP contribution is 2.56. The van der Waals surface area contributed by atoms with Gasteiger partial charge in [0.1, 0.15) is 0 Å². The van der Waals surface area contributed by atoms with Crippen molar-refractivity contribution in [2.75, 3.05) is 9.80 Å². The molecule has 6 aromatic carbocycles. The van der Waals surface area contributed by atoms with E-state index in [0.717, 1.165) is 12.8 Å². The summed E-state index contributed by atoms with van der Waals surface area (Å²) in [6.07, 6.45) is 7.01. The summed E-state index contributed by atoms with van der Waals surface area (Å²) >= 11 is 0. The summed E-state index contributed by atoms with van der Waals surface area (Å²) in [6, 6.07) is 50.5. The molecule has 0 aromatic heterocycles. The fourth-order valence-electron chi connectivity index (χ4n) is 8.04. The normalized spacial score (nSPS) is 12.7. The highest BCUT2D eigenvalue weighted by Gasteiger charge is 2.43. The molecule has 0 saturated carbocycles. The van der Waals surface area contributed by atoms with Crippen LogP contribution >= 0.6 is 0 Å². The Morgan fingerprint density at radius 1 is 0.373 bits per heavy atom. The summed E-state index contributed by atoms with van der Waals surface area (Å²) in [4.78, 5) is 4.88. The Morgan fingerprint density at radius 3 is 0.922 bits per heavy atom. The van der Waals surface area contributed by atoms with Crippen molar-refractivity contribution in [2.45, 2.75) is 85.5 Å². The second kappa shape index (κ2) is 14.6. The number of anilines is 6. The zero-order chi connectivity index (χ0) is 35.5. The van der Waals surface area contributed by atoms with E-state index in [4.69, 9.17) is 0 Å². The minimum absolute atomic E-state index is 0.0683. The Balaban J connectivity index is 1.42. The molecule has 0 saturated heterocycles. The van der Waals surface area contributed by atoms with E-state index in [1.807, 2.05) is 0 Å². The summed E-state index contributed by atoms with van der Waals surface area (Å²) in [7, 11) is 0. The molecule has 1 aliphatic rings. The molecule has 0 amide bonds. The van der Waals surface area contributed by atoms with Crippen molar-refractivity contribution in [3.05, 3.63) is 167 Å². The Morgan fingerprint density at radius 2 is 0.647 bits per heavy atom. The summed E-state index contributed by atoms with van der Waals surface area (Å²) in [6.45, 7) is 13.3. The van der Waals surface area contributed by atoms with Gasteiger partial charge in [0.15, 0.2) is 0 Å². The van der Waals surface area contributed by atoms with Crippen LogP contribution in [0.25, 0.3) is 11.1 Å². The van der Waals surface area contributed by atoms with Gasteiger partial charge in [-0.3, -0.25) is 0 Å². The minimum Gasteiger partial charge on any atom is -0.310 e. The van der Waals surface area contributed by atoms with Gasteiger partial charge in [-0.15, -0.1) is 0 Å². The number of hydrogen-bond donors (Lipinski definition) is 0. The van der Waals surface area contributed by atoms with E-state index in [1.165, 1.54) is 104 Å². The summed E-state index contributed by atoms with van der Waals surface area (Å²) in [5, 5.41) is 0. The molecule has 0 aliphatic heterocycles. The smallest absolute Gasteiger partial charge is 0.0465 e. The molecule has 0 fully saturated rings. The molecule has 0 N–H and O–H groups in total.